The van der Waals surface area contributed by atoms with Crippen molar-refractivity contribution in [3.63, 3.8) is 0 Å². The second-order valence-electron chi connectivity index (χ2n) is 3.90. The fraction of sp³-hybridized carbons (Fsp3) is 0.750. The summed E-state index contributed by atoms with van der Waals surface area (Å²) >= 11 is 1.87. The molecule has 0 aliphatic carbocycles. The van der Waals surface area contributed by atoms with Gasteiger partial charge in [-0.1, -0.05) is 20.3 Å². The number of aromatic nitrogens is 1. The van der Waals surface area contributed by atoms with Crippen LogP contribution in [0.2, 0.25) is 0 Å². The van der Waals surface area contributed by atoms with Crippen LogP contribution in [0.4, 0.5) is 0 Å². The van der Waals surface area contributed by atoms with Gasteiger partial charge in [0.1, 0.15) is 0 Å². The van der Waals surface area contributed by atoms with E-state index in [4.69, 9.17) is 0 Å². The number of hydrogen-bond acceptors (Lipinski definition) is 3. The zero-order valence-electron chi connectivity index (χ0n) is 10.1. The summed E-state index contributed by atoms with van der Waals surface area (Å²) in [4.78, 5) is 5.99. The molecule has 1 heterocycles. The molecule has 0 fully saturated rings. The van der Waals surface area contributed by atoms with Crippen molar-refractivity contribution in [2.24, 2.45) is 0 Å². The first-order valence-electron chi connectivity index (χ1n) is 5.93. The van der Waals surface area contributed by atoms with Crippen LogP contribution in [0, 0.1) is 6.92 Å². The Labute approximate surface area is 97.1 Å². The van der Waals surface area contributed by atoms with Gasteiger partial charge in [-0.3, -0.25) is 0 Å². The number of nitrogens with one attached hydrogen (secondary N) is 1. The van der Waals surface area contributed by atoms with E-state index in [1.54, 1.807) is 0 Å². The van der Waals surface area contributed by atoms with Gasteiger partial charge < -0.3 is 5.32 Å². The van der Waals surface area contributed by atoms with E-state index in [0.717, 1.165) is 19.5 Å². The maximum Gasteiger partial charge on any atom is 0.0931 e. The third-order valence-corrected chi connectivity index (χ3v) is 3.61. The minimum atomic E-state index is 0.993. The highest BCUT2D eigenvalue weighted by Crippen LogP contribution is 2.18. The summed E-state index contributed by atoms with van der Waals surface area (Å²) in [5.41, 5.74) is 1.22. The second kappa shape index (κ2) is 6.96. The number of hydrogen-bond donors (Lipinski definition) is 1. The molecule has 2 nitrogen and oxygen atoms in total. The molecule has 0 saturated carbocycles. The number of thiazole rings is 1. The highest BCUT2D eigenvalue weighted by atomic mass is 32.1. The Hall–Kier alpha value is -0.410. The quantitative estimate of drug-likeness (QED) is 0.722. The van der Waals surface area contributed by atoms with Gasteiger partial charge in [0.15, 0.2) is 0 Å². The van der Waals surface area contributed by atoms with Crippen molar-refractivity contribution in [2.75, 3.05) is 6.54 Å². The molecule has 1 aromatic rings. The van der Waals surface area contributed by atoms with Crippen LogP contribution in [0.1, 0.15) is 48.7 Å². The molecule has 0 aliphatic rings. The van der Waals surface area contributed by atoms with Gasteiger partial charge in [-0.2, -0.15) is 0 Å². The molecule has 15 heavy (non-hydrogen) atoms. The molecule has 86 valence electrons. The lowest BCUT2D eigenvalue weighted by Crippen LogP contribution is -2.14. The predicted molar refractivity (Wildman–Crippen MR) is 67.5 cm³/mol. The molecular weight excluding hydrogens is 204 g/mol. The summed E-state index contributed by atoms with van der Waals surface area (Å²) in [6.07, 6.45) is 4.84. The normalized spacial score (nSPS) is 10.9. The van der Waals surface area contributed by atoms with E-state index in [1.165, 1.54) is 34.8 Å². The van der Waals surface area contributed by atoms with E-state index >= 15 is 0 Å². The standard InChI is InChI=1S/C12H22N2S/c1-4-6-8-13-9-11-10(3)14-12(15-11)7-5-2/h13H,4-9H2,1-3H3. The largest absolute Gasteiger partial charge is 0.312 e. The van der Waals surface area contributed by atoms with Crippen molar-refractivity contribution in [1.29, 1.82) is 0 Å². The maximum atomic E-state index is 4.58. The molecule has 1 rings (SSSR count). The van der Waals surface area contributed by atoms with Gasteiger partial charge in [0, 0.05) is 11.4 Å². The van der Waals surface area contributed by atoms with Gasteiger partial charge in [0.25, 0.3) is 0 Å². The molecule has 0 aliphatic heterocycles. The van der Waals surface area contributed by atoms with Gasteiger partial charge in [0.05, 0.1) is 10.7 Å². The molecule has 0 bridgehead atoms. The van der Waals surface area contributed by atoms with Crippen LogP contribution in [0.15, 0.2) is 0 Å². The number of unbranched alkanes of at least 4 members (excludes halogenated alkanes) is 1. The first-order valence-corrected chi connectivity index (χ1v) is 6.75. The minimum Gasteiger partial charge on any atom is -0.312 e. The maximum absolute atomic E-state index is 4.58. The molecule has 0 aromatic carbocycles. The van der Waals surface area contributed by atoms with Crippen LogP contribution in [-0.2, 0) is 13.0 Å². The molecule has 0 radical (unpaired) electrons. The summed E-state index contributed by atoms with van der Waals surface area (Å²) < 4.78 is 0. The summed E-state index contributed by atoms with van der Waals surface area (Å²) in [6.45, 7) is 8.66. The smallest absolute Gasteiger partial charge is 0.0931 e. The van der Waals surface area contributed by atoms with Crippen LogP contribution < -0.4 is 5.32 Å². The van der Waals surface area contributed by atoms with E-state index < -0.39 is 0 Å². The molecule has 0 unspecified atom stereocenters. The molecule has 0 spiro atoms. The summed E-state index contributed by atoms with van der Waals surface area (Å²) in [6, 6.07) is 0. The average molecular weight is 226 g/mol. The fourth-order valence-corrected chi connectivity index (χ4v) is 2.62. The minimum absolute atomic E-state index is 0.993. The van der Waals surface area contributed by atoms with Crippen LogP contribution in [0.3, 0.4) is 0 Å². The van der Waals surface area contributed by atoms with Crippen molar-refractivity contribution in [2.45, 2.75) is 53.0 Å². The van der Waals surface area contributed by atoms with E-state index in [0.29, 0.717) is 0 Å². The average Bonchev–Trinajstić information content (AvgIpc) is 2.55. The van der Waals surface area contributed by atoms with E-state index in [1.807, 2.05) is 11.3 Å². The first kappa shape index (κ1) is 12.7. The SMILES string of the molecule is CCCCNCc1sc(CCC)nc1C. The Balaban J connectivity index is 2.39. The number of rotatable bonds is 7. The van der Waals surface area contributed by atoms with Gasteiger partial charge in [-0.15, -0.1) is 11.3 Å². The van der Waals surface area contributed by atoms with Crippen LogP contribution in [-0.4, -0.2) is 11.5 Å². The molecule has 0 amide bonds. The Bertz CT molecular complexity index is 281. The third kappa shape index (κ3) is 4.31. The lowest BCUT2D eigenvalue weighted by Gasteiger charge is -2.01. The third-order valence-electron chi connectivity index (χ3n) is 2.39. The van der Waals surface area contributed by atoms with Crippen molar-refractivity contribution >= 4 is 11.3 Å². The number of aryl methyl sites for hydroxylation is 2. The highest BCUT2D eigenvalue weighted by Gasteiger charge is 2.05. The zero-order chi connectivity index (χ0) is 11.1. The molecule has 3 heteroatoms. The Morgan fingerprint density at radius 3 is 2.73 bits per heavy atom. The predicted octanol–water partition coefficient (Wildman–Crippen LogP) is 3.29. The van der Waals surface area contributed by atoms with Gasteiger partial charge in [-0.05, 0) is 32.7 Å². The van der Waals surface area contributed by atoms with Crippen molar-refractivity contribution in [3.8, 4) is 0 Å². The zero-order valence-corrected chi connectivity index (χ0v) is 10.9. The first-order chi connectivity index (χ1) is 7.27. The topological polar surface area (TPSA) is 24.9 Å². The lowest BCUT2D eigenvalue weighted by molar-refractivity contribution is 0.644. The highest BCUT2D eigenvalue weighted by molar-refractivity contribution is 7.11. The van der Waals surface area contributed by atoms with E-state index in [9.17, 15) is 0 Å². The Kier molecular flexibility index (Phi) is 5.88. The van der Waals surface area contributed by atoms with Crippen LogP contribution >= 0.6 is 11.3 Å². The second-order valence-corrected chi connectivity index (χ2v) is 5.06. The lowest BCUT2D eigenvalue weighted by atomic mass is 10.3. The monoisotopic (exact) mass is 226 g/mol. The van der Waals surface area contributed by atoms with Crippen LogP contribution in [0.25, 0.3) is 0 Å². The van der Waals surface area contributed by atoms with Gasteiger partial charge in [0.2, 0.25) is 0 Å². The molecule has 0 atom stereocenters. The summed E-state index contributed by atoms with van der Waals surface area (Å²) in [5, 5.41) is 4.76. The molecular formula is C12H22N2S. The van der Waals surface area contributed by atoms with Gasteiger partial charge >= 0.3 is 0 Å². The summed E-state index contributed by atoms with van der Waals surface area (Å²) in [5.74, 6) is 0. The van der Waals surface area contributed by atoms with E-state index in [-0.39, 0.29) is 0 Å². The molecule has 1 N–H and O–H groups in total. The van der Waals surface area contributed by atoms with Crippen LogP contribution in [0.5, 0.6) is 0 Å². The van der Waals surface area contributed by atoms with Crippen molar-refractivity contribution in [1.82, 2.24) is 10.3 Å². The van der Waals surface area contributed by atoms with Crippen molar-refractivity contribution in [3.05, 3.63) is 15.6 Å². The van der Waals surface area contributed by atoms with Crippen molar-refractivity contribution < 1.29 is 0 Å². The molecule has 0 saturated heterocycles. The van der Waals surface area contributed by atoms with E-state index in [2.05, 4.69) is 31.1 Å². The Morgan fingerprint density at radius 1 is 1.27 bits per heavy atom. The summed E-state index contributed by atoms with van der Waals surface area (Å²) in [7, 11) is 0. The number of nitrogens with zero attached hydrogens (tertiary/aromatic N) is 1. The van der Waals surface area contributed by atoms with Gasteiger partial charge in [-0.25, -0.2) is 4.98 Å². The Morgan fingerprint density at radius 2 is 2.07 bits per heavy atom. The fourth-order valence-electron chi connectivity index (χ4n) is 1.48. The molecule has 1 aromatic heterocycles.